The van der Waals surface area contributed by atoms with Crippen LogP contribution in [0.2, 0.25) is 0 Å². The van der Waals surface area contributed by atoms with Crippen LogP contribution in [0, 0.1) is 0 Å². The van der Waals surface area contributed by atoms with Gasteiger partial charge in [0.05, 0.1) is 6.10 Å². The van der Waals surface area contributed by atoms with Crippen LogP contribution in [-0.2, 0) is 18.9 Å². The molecule has 0 amide bonds. The van der Waals surface area contributed by atoms with E-state index in [1.165, 1.54) is 0 Å². The summed E-state index contributed by atoms with van der Waals surface area (Å²) in [6.07, 6.45) is 0.985. The summed E-state index contributed by atoms with van der Waals surface area (Å²) in [5.41, 5.74) is 0. The van der Waals surface area contributed by atoms with E-state index in [1.54, 1.807) is 13.8 Å². The zero-order valence-corrected chi connectivity index (χ0v) is 12.0. The summed E-state index contributed by atoms with van der Waals surface area (Å²) < 4.78 is 22.2. The van der Waals surface area contributed by atoms with Crippen LogP contribution in [0.3, 0.4) is 0 Å². The lowest BCUT2D eigenvalue weighted by molar-refractivity contribution is -0.210. The molecule has 1 saturated heterocycles. The number of unbranched alkanes of at least 4 members (excludes halogenated alkanes) is 1. The molecule has 3 atom stereocenters. The molecule has 0 aromatic heterocycles. The van der Waals surface area contributed by atoms with Gasteiger partial charge in [0.1, 0.15) is 12.9 Å². The van der Waals surface area contributed by atoms with Crippen LogP contribution >= 0.6 is 0 Å². The van der Waals surface area contributed by atoms with Gasteiger partial charge in [-0.1, -0.05) is 13.3 Å². The molecule has 0 radical (unpaired) electrons. The van der Waals surface area contributed by atoms with E-state index in [9.17, 15) is 0 Å². The van der Waals surface area contributed by atoms with E-state index in [0.717, 1.165) is 12.8 Å². The van der Waals surface area contributed by atoms with Gasteiger partial charge in [-0.05, 0) is 26.7 Å². The molecule has 0 aromatic carbocycles. The highest BCUT2D eigenvalue weighted by Gasteiger charge is 2.46. The van der Waals surface area contributed by atoms with Gasteiger partial charge in [-0.3, -0.25) is 0 Å². The third-order valence-electron chi connectivity index (χ3n) is 2.94. The second kappa shape index (κ2) is 8.14. The van der Waals surface area contributed by atoms with Crippen molar-refractivity contribution in [1.29, 1.82) is 0 Å². The van der Waals surface area contributed by atoms with Crippen molar-refractivity contribution in [3.63, 3.8) is 0 Å². The Bertz CT molecular complexity index is 245. The quantitative estimate of drug-likeness (QED) is 0.484. The first-order chi connectivity index (χ1) is 9.04. The molecule has 1 rings (SSSR count). The summed E-state index contributed by atoms with van der Waals surface area (Å²) in [5, 5.41) is 18.0. The Balaban J connectivity index is 2.63. The van der Waals surface area contributed by atoms with Crippen LogP contribution in [0.15, 0.2) is 0 Å². The lowest BCUT2D eigenvalue weighted by atomic mass is 10.1. The average Bonchev–Trinajstić information content (AvgIpc) is 2.64. The third-order valence-corrected chi connectivity index (χ3v) is 2.94. The number of ether oxygens (including phenoxy) is 4. The van der Waals surface area contributed by atoms with Gasteiger partial charge >= 0.3 is 0 Å². The molecular formula is C13H26O6. The second-order valence-corrected chi connectivity index (χ2v) is 5.04. The van der Waals surface area contributed by atoms with E-state index in [0.29, 0.717) is 13.0 Å². The number of aliphatic hydroxyl groups excluding tert-OH is 2. The molecule has 1 heterocycles. The maximum atomic E-state index is 9.13. The molecule has 1 fully saturated rings. The minimum atomic E-state index is -0.785. The molecule has 0 spiro atoms. The van der Waals surface area contributed by atoms with E-state index in [4.69, 9.17) is 29.2 Å². The fraction of sp³-hybridized carbons (Fsp3) is 1.00. The fourth-order valence-electron chi connectivity index (χ4n) is 2.06. The van der Waals surface area contributed by atoms with Crippen LogP contribution in [0.1, 0.15) is 40.0 Å². The van der Waals surface area contributed by atoms with Crippen molar-refractivity contribution in [3.8, 4) is 0 Å². The predicted octanol–water partition coefficient (Wildman–Crippen LogP) is 0.998. The summed E-state index contributed by atoms with van der Waals surface area (Å²) in [5.74, 6) is -0.785. The number of hydrogen-bond acceptors (Lipinski definition) is 6. The Kier molecular flexibility index (Phi) is 7.20. The molecule has 19 heavy (non-hydrogen) atoms. The van der Waals surface area contributed by atoms with E-state index < -0.39 is 25.0 Å². The largest absolute Gasteiger partial charge is 0.396 e. The molecule has 2 N–H and O–H groups in total. The van der Waals surface area contributed by atoms with E-state index in [1.807, 2.05) is 0 Å². The van der Waals surface area contributed by atoms with Gasteiger partial charge in [0.15, 0.2) is 12.1 Å². The Morgan fingerprint density at radius 2 is 2.00 bits per heavy atom. The normalized spacial score (nSPS) is 27.6. The summed E-state index contributed by atoms with van der Waals surface area (Å²) in [4.78, 5) is 0. The van der Waals surface area contributed by atoms with Crippen molar-refractivity contribution < 1.29 is 29.2 Å². The van der Waals surface area contributed by atoms with Crippen LogP contribution in [0.5, 0.6) is 0 Å². The highest BCUT2D eigenvalue weighted by Crippen LogP contribution is 2.32. The Labute approximate surface area is 114 Å². The maximum absolute atomic E-state index is 9.13. The molecule has 6 heteroatoms. The summed E-state index contributed by atoms with van der Waals surface area (Å²) in [6.45, 7) is 5.81. The molecule has 0 aliphatic carbocycles. The molecule has 1 aliphatic heterocycles. The van der Waals surface area contributed by atoms with Gasteiger partial charge in [0.25, 0.3) is 0 Å². The molecule has 0 unspecified atom stereocenters. The van der Waals surface area contributed by atoms with Crippen LogP contribution in [-0.4, -0.2) is 54.5 Å². The molecule has 6 nitrogen and oxygen atoms in total. The Morgan fingerprint density at radius 1 is 1.26 bits per heavy atom. The highest BCUT2D eigenvalue weighted by atomic mass is 16.8. The SMILES string of the molecule is CCCCO[C@H](CCO)[C@H]1OC(C)(C)O[C@H]1OCO. The second-order valence-electron chi connectivity index (χ2n) is 5.04. The van der Waals surface area contributed by atoms with Gasteiger partial charge in [-0.25, -0.2) is 0 Å². The smallest absolute Gasteiger partial charge is 0.192 e. The van der Waals surface area contributed by atoms with Crippen molar-refractivity contribution >= 4 is 0 Å². The lowest BCUT2D eigenvalue weighted by Gasteiger charge is -2.26. The number of hydrogen-bond donors (Lipinski definition) is 2. The average molecular weight is 278 g/mol. The molecule has 114 valence electrons. The fourth-order valence-corrected chi connectivity index (χ4v) is 2.06. The first-order valence-corrected chi connectivity index (χ1v) is 6.84. The monoisotopic (exact) mass is 278 g/mol. The summed E-state index contributed by atoms with van der Waals surface area (Å²) >= 11 is 0. The third kappa shape index (κ3) is 5.33. The van der Waals surface area contributed by atoms with Crippen molar-refractivity contribution in [2.24, 2.45) is 0 Å². The zero-order valence-electron chi connectivity index (χ0n) is 12.0. The van der Waals surface area contributed by atoms with E-state index in [2.05, 4.69) is 6.92 Å². The van der Waals surface area contributed by atoms with Crippen LogP contribution < -0.4 is 0 Å². The van der Waals surface area contributed by atoms with Gasteiger partial charge in [-0.15, -0.1) is 0 Å². The molecule has 0 aromatic rings. The minimum absolute atomic E-state index is 0.00290. The van der Waals surface area contributed by atoms with Gasteiger partial charge in [0.2, 0.25) is 0 Å². The number of rotatable bonds is 9. The lowest BCUT2D eigenvalue weighted by Crippen LogP contribution is -2.39. The highest BCUT2D eigenvalue weighted by molar-refractivity contribution is 4.82. The van der Waals surface area contributed by atoms with E-state index >= 15 is 0 Å². The Hall–Kier alpha value is -0.240. The minimum Gasteiger partial charge on any atom is -0.396 e. The Morgan fingerprint density at radius 3 is 2.58 bits per heavy atom. The molecular weight excluding hydrogens is 252 g/mol. The van der Waals surface area contributed by atoms with Gasteiger partial charge in [0, 0.05) is 13.2 Å². The van der Waals surface area contributed by atoms with Crippen molar-refractivity contribution in [2.45, 2.75) is 64.3 Å². The predicted molar refractivity (Wildman–Crippen MR) is 68.3 cm³/mol. The maximum Gasteiger partial charge on any atom is 0.192 e. The number of aliphatic hydroxyl groups is 2. The van der Waals surface area contributed by atoms with Gasteiger partial charge < -0.3 is 29.2 Å². The standard InChI is InChI=1S/C13H26O6/c1-4-5-8-16-10(6-7-14)11-12(17-9-15)19-13(2,3)18-11/h10-12,14-15H,4-9H2,1-3H3/t10-,11-,12-/m1/s1. The van der Waals surface area contributed by atoms with Gasteiger partial charge in [-0.2, -0.15) is 0 Å². The zero-order chi connectivity index (χ0) is 14.3. The molecule has 1 aliphatic rings. The topological polar surface area (TPSA) is 77.4 Å². The van der Waals surface area contributed by atoms with Crippen LogP contribution in [0.4, 0.5) is 0 Å². The van der Waals surface area contributed by atoms with E-state index in [-0.39, 0.29) is 12.7 Å². The van der Waals surface area contributed by atoms with Crippen molar-refractivity contribution in [1.82, 2.24) is 0 Å². The summed E-state index contributed by atoms with van der Waals surface area (Å²) in [7, 11) is 0. The molecule has 0 bridgehead atoms. The first kappa shape index (κ1) is 16.8. The summed E-state index contributed by atoms with van der Waals surface area (Å²) in [6, 6.07) is 0. The van der Waals surface area contributed by atoms with Crippen molar-refractivity contribution in [2.75, 3.05) is 20.0 Å². The first-order valence-electron chi connectivity index (χ1n) is 6.84. The van der Waals surface area contributed by atoms with Crippen LogP contribution in [0.25, 0.3) is 0 Å². The van der Waals surface area contributed by atoms with Crippen molar-refractivity contribution in [3.05, 3.63) is 0 Å². The molecule has 0 saturated carbocycles.